The minimum Gasteiger partial charge on any atom is -0.455 e. The van der Waals surface area contributed by atoms with E-state index in [0.29, 0.717) is 12.4 Å². The summed E-state index contributed by atoms with van der Waals surface area (Å²) in [4.78, 5) is 15.9. The number of furan rings is 1. The summed E-state index contributed by atoms with van der Waals surface area (Å²) >= 11 is 3.48. The van der Waals surface area contributed by atoms with Crippen molar-refractivity contribution in [2.24, 2.45) is 0 Å². The number of primary amides is 1. The van der Waals surface area contributed by atoms with Gasteiger partial charge in [-0.2, -0.15) is 0 Å². The summed E-state index contributed by atoms with van der Waals surface area (Å²) in [5, 5.41) is 2.63. The molecule has 1 amide bonds. The van der Waals surface area contributed by atoms with Gasteiger partial charge in [0.05, 0.1) is 0 Å². The fourth-order valence-electron chi connectivity index (χ4n) is 2.40. The summed E-state index contributed by atoms with van der Waals surface area (Å²) in [6, 6.07) is 9.48. The Morgan fingerprint density at radius 2 is 2.21 bits per heavy atom. The third kappa shape index (κ3) is 3.90. The lowest BCUT2D eigenvalue weighted by atomic mass is 10.2. The molecule has 0 bridgehead atoms. The first-order valence-electron chi connectivity index (χ1n) is 7.46. The highest BCUT2D eigenvalue weighted by Gasteiger charge is 2.10. The van der Waals surface area contributed by atoms with E-state index in [4.69, 9.17) is 10.2 Å². The monoisotopic (exact) mass is 386 g/mol. The third-order valence-corrected chi connectivity index (χ3v) is 4.03. The number of nitrogen functional groups attached to an aromatic ring is 1. The van der Waals surface area contributed by atoms with Gasteiger partial charge in [-0.3, -0.25) is 5.32 Å². The molecule has 0 radical (unpaired) electrons. The number of amides is 1. The van der Waals surface area contributed by atoms with Gasteiger partial charge in [-0.1, -0.05) is 15.9 Å². The van der Waals surface area contributed by atoms with E-state index in [0.717, 1.165) is 32.3 Å². The second-order valence-electron chi connectivity index (χ2n) is 5.51. The average Bonchev–Trinajstić information content (AvgIpc) is 2.95. The number of hydrogen-bond acceptors (Lipinski definition) is 4. The van der Waals surface area contributed by atoms with Crippen LogP contribution in [0.25, 0.3) is 17.0 Å². The smallest absolute Gasteiger partial charge is 0.335 e. The number of aromatic nitrogens is 1. The molecule has 122 valence electrons. The van der Waals surface area contributed by atoms with Crippen LogP contribution >= 0.6 is 15.9 Å². The molecule has 0 unspecified atom stereocenters. The molecule has 0 aliphatic heterocycles. The van der Waals surface area contributed by atoms with Gasteiger partial charge in [-0.25, -0.2) is 9.78 Å². The van der Waals surface area contributed by atoms with E-state index in [-0.39, 0.29) is 5.91 Å². The number of anilines is 1. The van der Waals surface area contributed by atoms with E-state index in [1.807, 2.05) is 31.2 Å². The first-order chi connectivity index (χ1) is 11.5. The SMILES string of the molecule is Cc1cc(Br)cc2cc(C[NH2+]C(=O)C=Cc3ccc(N)nc3)oc12. The lowest BCUT2D eigenvalue weighted by molar-refractivity contribution is -0.582. The molecular weight excluding hydrogens is 370 g/mol. The van der Waals surface area contributed by atoms with Crippen molar-refractivity contribution in [3.63, 3.8) is 0 Å². The normalized spacial score (nSPS) is 11.4. The van der Waals surface area contributed by atoms with Crippen molar-refractivity contribution < 1.29 is 14.5 Å². The standard InChI is InChI=1S/C18H16BrN3O2/c1-11-6-14(19)7-13-8-15(24-18(11)13)10-22-17(23)5-3-12-2-4-16(20)21-9-12/h2-9H,10H2,1H3,(H2,20,21)(H,22,23)/p+1. The van der Waals surface area contributed by atoms with Crippen molar-refractivity contribution in [1.29, 1.82) is 0 Å². The van der Waals surface area contributed by atoms with Crippen LogP contribution in [0.5, 0.6) is 0 Å². The van der Waals surface area contributed by atoms with Crippen LogP contribution in [0.2, 0.25) is 0 Å². The van der Waals surface area contributed by atoms with Crippen molar-refractivity contribution in [1.82, 2.24) is 4.98 Å². The average molecular weight is 387 g/mol. The summed E-state index contributed by atoms with van der Waals surface area (Å²) in [5.74, 6) is 1.14. The molecule has 24 heavy (non-hydrogen) atoms. The first kappa shape index (κ1) is 16.4. The molecule has 4 N–H and O–H groups in total. The van der Waals surface area contributed by atoms with Gasteiger partial charge in [0.1, 0.15) is 17.9 Å². The molecule has 3 aromatic rings. The molecule has 6 heteroatoms. The number of pyridine rings is 1. The third-order valence-electron chi connectivity index (χ3n) is 3.57. The Kier molecular flexibility index (Phi) is 4.78. The summed E-state index contributed by atoms with van der Waals surface area (Å²) in [5.41, 5.74) is 8.28. The topological polar surface area (TPSA) is 85.7 Å². The van der Waals surface area contributed by atoms with Crippen molar-refractivity contribution in [2.75, 3.05) is 5.73 Å². The van der Waals surface area contributed by atoms with E-state index >= 15 is 0 Å². The second-order valence-corrected chi connectivity index (χ2v) is 6.43. The molecule has 1 aromatic carbocycles. The fraction of sp³-hybridized carbons (Fsp3) is 0.111. The first-order valence-corrected chi connectivity index (χ1v) is 8.26. The maximum absolute atomic E-state index is 12.0. The number of rotatable bonds is 4. The largest absolute Gasteiger partial charge is 0.455 e. The van der Waals surface area contributed by atoms with Crippen LogP contribution < -0.4 is 11.1 Å². The lowest BCUT2D eigenvalue weighted by Crippen LogP contribution is -2.86. The Hall–Kier alpha value is -2.44. The van der Waals surface area contributed by atoms with Gasteiger partial charge in [-0.05, 0) is 54.5 Å². The molecule has 2 aromatic heterocycles. The molecule has 0 aliphatic rings. The Bertz CT molecular complexity index is 914. The van der Waals surface area contributed by atoms with Gasteiger partial charge in [-0.15, -0.1) is 0 Å². The predicted octanol–water partition coefficient (Wildman–Crippen LogP) is 2.78. The number of carbonyl (C=O) groups excluding carboxylic acids is 1. The van der Waals surface area contributed by atoms with Gasteiger partial charge in [0, 0.05) is 22.1 Å². The number of benzene rings is 1. The molecule has 3 rings (SSSR count). The summed E-state index contributed by atoms with van der Waals surface area (Å²) in [6.45, 7) is 2.45. The summed E-state index contributed by atoms with van der Waals surface area (Å²) in [6.07, 6.45) is 4.85. The Morgan fingerprint density at radius 3 is 2.96 bits per heavy atom. The quantitative estimate of drug-likeness (QED) is 0.675. The minimum absolute atomic E-state index is 0.0785. The van der Waals surface area contributed by atoms with Crippen molar-refractivity contribution in [3.05, 3.63) is 64.0 Å². The number of aryl methyl sites for hydroxylation is 1. The van der Waals surface area contributed by atoms with Crippen LogP contribution in [0.4, 0.5) is 5.82 Å². The molecule has 0 spiro atoms. The molecule has 5 nitrogen and oxygen atoms in total. The zero-order chi connectivity index (χ0) is 17.1. The van der Waals surface area contributed by atoms with E-state index in [2.05, 4.69) is 20.9 Å². The molecule has 0 fully saturated rings. The highest BCUT2D eigenvalue weighted by Crippen LogP contribution is 2.26. The molecule has 0 aliphatic carbocycles. The number of nitrogens with zero attached hydrogens (tertiary/aromatic N) is 1. The second kappa shape index (κ2) is 6.98. The number of quaternary nitrogens is 1. The lowest BCUT2D eigenvalue weighted by Gasteiger charge is -1.96. The number of fused-ring (bicyclic) bond motifs is 1. The number of nitrogens with two attached hydrogens (primary N) is 2. The number of halogens is 1. The minimum atomic E-state index is -0.0785. The highest BCUT2D eigenvalue weighted by molar-refractivity contribution is 9.10. The van der Waals surface area contributed by atoms with Gasteiger partial charge in [0.25, 0.3) is 0 Å². The summed E-state index contributed by atoms with van der Waals surface area (Å²) < 4.78 is 6.84. The van der Waals surface area contributed by atoms with Crippen LogP contribution in [0.15, 0.2) is 51.5 Å². The Labute approximate surface area is 147 Å². The molecule has 0 saturated heterocycles. The number of hydrogen-bond donors (Lipinski definition) is 2. The molecule has 0 atom stereocenters. The molecule has 0 saturated carbocycles. The van der Waals surface area contributed by atoms with Crippen molar-refractivity contribution in [2.45, 2.75) is 13.5 Å². The predicted molar refractivity (Wildman–Crippen MR) is 97.0 cm³/mol. The van der Waals surface area contributed by atoms with Crippen molar-refractivity contribution >= 4 is 44.7 Å². The highest BCUT2D eigenvalue weighted by atomic mass is 79.9. The van der Waals surface area contributed by atoms with E-state index in [1.54, 1.807) is 23.7 Å². The van der Waals surface area contributed by atoms with Crippen LogP contribution in [-0.2, 0) is 11.3 Å². The van der Waals surface area contributed by atoms with Gasteiger partial charge >= 0.3 is 5.91 Å². The zero-order valence-corrected chi connectivity index (χ0v) is 14.7. The molecular formula is C18H17BrN3O2+. The van der Waals surface area contributed by atoms with Crippen LogP contribution in [0.1, 0.15) is 16.9 Å². The maximum Gasteiger partial charge on any atom is 0.335 e. The van der Waals surface area contributed by atoms with E-state index < -0.39 is 0 Å². The zero-order valence-electron chi connectivity index (χ0n) is 13.1. The van der Waals surface area contributed by atoms with Crippen molar-refractivity contribution in [3.8, 4) is 0 Å². The van der Waals surface area contributed by atoms with Crippen LogP contribution in [-0.4, -0.2) is 10.9 Å². The van der Waals surface area contributed by atoms with Gasteiger partial charge in [0.2, 0.25) is 0 Å². The van der Waals surface area contributed by atoms with Crippen LogP contribution in [0.3, 0.4) is 0 Å². The fourth-order valence-corrected chi connectivity index (χ4v) is 2.99. The summed E-state index contributed by atoms with van der Waals surface area (Å²) in [7, 11) is 0. The van der Waals surface area contributed by atoms with Gasteiger partial charge in [0.15, 0.2) is 5.76 Å². The van der Waals surface area contributed by atoms with E-state index in [1.165, 1.54) is 6.08 Å². The maximum atomic E-state index is 12.0. The van der Waals surface area contributed by atoms with Crippen LogP contribution in [0, 0.1) is 6.92 Å². The number of carbonyl (C=O) groups is 1. The van der Waals surface area contributed by atoms with E-state index in [9.17, 15) is 4.79 Å². The molecule has 2 heterocycles. The van der Waals surface area contributed by atoms with Gasteiger partial charge < -0.3 is 10.2 Å². The Morgan fingerprint density at radius 1 is 1.38 bits per heavy atom. The Balaban J connectivity index is 1.64.